The maximum atomic E-state index is 13.0. The molecular formula is C22H26N2O3. The summed E-state index contributed by atoms with van der Waals surface area (Å²) in [7, 11) is 0. The molecule has 5 nitrogen and oxygen atoms in total. The van der Waals surface area contributed by atoms with Crippen molar-refractivity contribution in [2.24, 2.45) is 0 Å². The van der Waals surface area contributed by atoms with Crippen LogP contribution in [0.3, 0.4) is 0 Å². The Morgan fingerprint density at radius 2 is 1.74 bits per heavy atom. The molecule has 2 aliphatic heterocycles. The normalized spacial score (nSPS) is 18.3. The third-order valence-corrected chi connectivity index (χ3v) is 5.32. The van der Waals surface area contributed by atoms with Crippen LogP contribution >= 0.6 is 0 Å². The lowest BCUT2D eigenvalue weighted by atomic mass is 9.98. The SMILES string of the molecule is CC1(C)Cc2c(N3CCOCC3)cccc2N1C(=O)OCc1ccccc1. The highest BCUT2D eigenvalue weighted by atomic mass is 16.6. The van der Waals surface area contributed by atoms with Crippen molar-refractivity contribution in [1.29, 1.82) is 0 Å². The number of amides is 1. The van der Waals surface area contributed by atoms with Gasteiger partial charge in [-0.25, -0.2) is 4.79 Å². The van der Waals surface area contributed by atoms with Crippen molar-refractivity contribution in [3.8, 4) is 0 Å². The van der Waals surface area contributed by atoms with Crippen molar-refractivity contribution in [1.82, 2.24) is 0 Å². The van der Waals surface area contributed by atoms with Gasteiger partial charge in [0.25, 0.3) is 0 Å². The quantitative estimate of drug-likeness (QED) is 0.823. The minimum Gasteiger partial charge on any atom is -0.444 e. The zero-order valence-electron chi connectivity index (χ0n) is 16.0. The first kappa shape index (κ1) is 17.9. The molecule has 2 aliphatic rings. The number of anilines is 2. The molecule has 5 heteroatoms. The van der Waals surface area contributed by atoms with E-state index in [1.54, 1.807) is 0 Å². The average Bonchev–Trinajstić information content (AvgIpc) is 2.97. The lowest BCUT2D eigenvalue weighted by Crippen LogP contribution is -2.45. The van der Waals surface area contributed by atoms with Crippen LogP contribution in [0.4, 0.5) is 16.2 Å². The van der Waals surface area contributed by atoms with Gasteiger partial charge in [-0.1, -0.05) is 36.4 Å². The van der Waals surface area contributed by atoms with Crippen molar-refractivity contribution in [2.45, 2.75) is 32.4 Å². The van der Waals surface area contributed by atoms with Crippen LogP contribution in [0.1, 0.15) is 25.0 Å². The first-order valence-electron chi connectivity index (χ1n) is 9.52. The van der Waals surface area contributed by atoms with Crippen molar-refractivity contribution >= 4 is 17.5 Å². The van der Waals surface area contributed by atoms with Gasteiger partial charge < -0.3 is 14.4 Å². The van der Waals surface area contributed by atoms with Gasteiger partial charge in [-0.3, -0.25) is 4.90 Å². The van der Waals surface area contributed by atoms with Gasteiger partial charge in [0.2, 0.25) is 0 Å². The van der Waals surface area contributed by atoms with Crippen LogP contribution in [0.25, 0.3) is 0 Å². The van der Waals surface area contributed by atoms with Crippen LogP contribution in [0.15, 0.2) is 48.5 Å². The number of hydrogen-bond acceptors (Lipinski definition) is 4. The number of nitrogens with zero attached hydrogens (tertiary/aromatic N) is 2. The van der Waals surface area contributed by atoms with Crippen molar-refractivity contribution in [3.05, 3.63) is 59.7 Å². The van der Waals surface area contributed by atoms with Crippen molar-refractivity contribution < 1.29 is 14.3 Å². The average molecular weight is 366 g/mol. The van der Waals surface area contributed by atoms with E-state index in [0.29, 0.717) is 0 Å². The Balaban J connectivity index is 1.58. The largest absolute Gasteiger partial charge is 0.444 e. The summed E-state index contributed by atoms with van der Waals surface area (Å²) in [5.74, 6) is 0. The van der Waals surface area contributed by atoms with Gasteiger partial charge in [0.1, 0.15) is 6.61 Å². The molecule has 0 N–H and O–H groups in total. The predicted octanol–water partition coefficient (Wildman–Crippen LogP) is 4.00. The summed E-state index contributed by atoms with van der Waals surface area (Å²) in [4.78, 5) is 17.1. The van der Waals surface area contributed by atoms with E-state index >= 15 is 0 Å². The van der Waals surface area contributed by atoms with E-state index in [2.05, 4.69) is 24.8 Å². The summed E-state index contributed by atoms with van der Waals surface area (Å²) >= 11 is 0. The standard InChI is InChI=1S/C22H26N2O3/c1-22(2)15-18-19(23-11-13-26-14-12-23)9-6-10-20(18)24(22)21(25)27-16-17-7-4-3-5-8-17/h3-10H,11-16H2,1-2H3. The Morgan fingerprint density at radius 3 is 2.48 bits per heavy atom. The van der Waals surface area contributed by atoms with Crippen LogP contribution in [0, 0.1) is 0 Å². The highest BCUT2D eigenvalue weighted by Crippen LogP contribution is 2.43. The van der Waals surface area contributed by atoms with E-state index in [-0.39, 0.29) is 18.2 Å². The maximum absolute atomic E-state index is 13.0. The van der Waals surface area contributed by atoms with Crippen molar-refractivity contribution in [2.75, 3.05) is 36.1 Å². The second-order valence-corrected chi connectivity index (χ2v) is 7.74. The van der Waals surface area contributed by atoms with Gasteiger partial charge in [0.05, 0.1) is 18.9 Å². The molecule has 0 aliphatic carbocycles. The maximum Gasteiger partial charge on any atom is 0.415 e. The molecular weight excluding hydrogens is 340 g/mol. The third-order valence-electron chi connectivity index (χ3n) is 5.32. The molecule has 0 spiro atoms. The van der Waals surface area contributed by atoms with Gasteiger partial charge in [0, 0.05) is 29.9 Å². The first-order valence-corrected chi connectivity index (χ1v) is 9.52. The molecule has 0 saturated carbocycles. The Labute approximate surface area is 160 Å². The van der Waals surface area contributed by atoms with Gasteiger partial charge in [-0.15, -0.1) is 0 Å². The fraction of sp³-hybridized carbons (Fsp3) is 0.409. The number of hydrogen-bond donors (Lipinski definition) is 0. The molecule has 1 fully saturated rings. The molecule has 0 radical (unpaired) electrons. The highest BCUT2D eigenvalue weighted by molar-refractivity contribution is 5.94. The Bertz CT molecular complexity index is 814. The molecule has 4 rings (SSSR count). The zero-order chi connectivity index (χ0) is 18.9. The lowest BCUT2D eigenvalue weighted by Gasteiger charge is -2.31. The Kier molecular flexibility index (Phi) is 4.79. The molecule has 0 aromatic heterocycles. The highest BCUT2D eigenvalue weighted by Gasteiger charge is 2.42. The Morgan fingerprint density at radius 1 is 1.04 bits per heavy atom. The van der Waals surface area contributed by atoms with E-state index in [1.165, 1.54) is 11.3 Å². The molecule has 2 aromatic carbocycles. The number of rotatable bonds is 3. The summed E-state index contributed by atoms with van der Waals surface area (Å²) in [5.41, 5.74) is 4.06. The fourth-order valence-electron chi connectivity index (χ4n) is 4.02. The molecule has 0 atom stereocenters. The minimum absolute atomic E-state index is 0.282. The Hall–Kier alpha value is -2.53. The second-order valence-electron chi connectivity index (χ2n) is 7.74. The van der Waals surface area contributed by atoms with Crippen molar-refractivity contribution in [3.63, 3.8) is 0 Å². The lowest BCUT2D eigenvalue weighted by molar-refractivity contribution is 0.122. The van der Waals surface area contributed by atoms with Gasteiger partial charge in [0.15, 0.2) is 0 Å². The molecule has 1 saturated heterocycles. The molecule has 142 valence electrons. The number of carbonyl (C=O) groups excluding carboxylic acids is 1. The second kappa shape index (κ2) is 7.24. The summed E-state index contributed by atoms with van der Waals surface area (Å²) in [6.45, 7) is 7.74. The summed E-state index contributed by atoms with van der Waals surface area (Å²) in [5, 5.41) is 0. The number of benzene rings is 2. The summed E-state index contributed by atoms with van der Waals surface area (Å²) in [6.07, 6.45) is 0.526. The van der Waals surface area contributed by atoms with Crippen LogP contribution in [-0.2, 0) is 22.5 Å². The van der Waals surface area contributed by atoms with Gasteiger partial charge in [-0.2, -0.15) is 0 Å². The number of morpholine rings is 1. The number of fused-ring (bicyclic) bond motifs is 1. The molecule has 2 heterocycles. The van der Waals surface area contributed by atoms with Crippen LogP contribution < -0.4 is 9.80 Å². The monoisotopic (exact) mass is 366 g/mol. The topological polar surface area (TPSA) is 42.0 Å². The van der Waals surface area contributed by atoms with E-state index in [4.69, 9.17) is 9.47 Å². The summed E-state index contributed by atoms with van der Waals surface area (Å²) < 4.78 is 11.1. The third kappa shape index (κ3) is 3.52. The predicted molar refractivity (Wildman–Crippen MR) is 106 cm³/mol. The van der Waals surface area contributed by atoms with Gasteiger partial charge >= 0.3 is 6.09 Å². The van der Waals surface area contributed by atoms with E-state index in [0.717, 1.165) is 44.0 Å². The van der Waals surface area contributed by atoms with E-state index < -0.39 is 0 Å². The van der Waals surface area contributed by atoms with E-state index in [9.17, 15) is 4.79 Å². The molecule has 0 bridgehead atoms. The molecule has 27 heavy (non-hydrogen) atoms. The van der Waals surface area contributed by atoms with Crippen LogP contribution in [0.2, 0.25) is 0 Å². The van der Waals surface area contributed by atoms with E-state index in [1.807, 2.05) is 47.4 Å². The number of ether oxygens (including phenoxy) is 2. The van der Waals surface area contributed by atoms with Crippen LogP contribution in [0.5, 0.6) is 0 Å². The first-order chi connectivity index (χ1) is 13.1. The molecule has 2 aromatic rings. The smallest absolute Gasteiger partial charge is 0.415 e. The summed E-state index contributed by atoms with van der Waals surface area (Å²) in [6, 6.07) is 16.0. The molecule has 0 unspecified atom stereocenters. The zero-order valence-corrected chi connectivity index (χ0v) is 16.0. The van der Waals surface area contributed by atoms with Gasteiger partial charge in [-0.05, 0) is 38.0 Å². The fourth-order valence-corrected chi connectivity index (χ4v) is 4.02. The number of carbonyl (C=O) groups is 1. The molecule has 1 amide bonds. The minimum atomic E-state index is -0.321. The van der Waals surface area contributed by atoms with Crippen LogP contribution in [-0.4, -0.2) is 37.9 Å².